The first-order valence-corrected chi connectivity index (χ1v) is 3.16. The summed E-state index contributed by atoms with van der Waals surface area (Å²) in [4.78, 5) is 26.2. The van der Waals surface area contributed by atoms with Gasteiger partial charge in [0, 0.05) is 0 Å². The van der Waals surface area contributed by atoms with Crippen molar-refractivity contribution in [2.45, 2.75) is 6.92 Å². The normalized spacial score (nSPS) is 7.46. The predicted molar refractivity (Wildman–Crippen MR) is 41.8 cm³/mol. The van der Waals surface area contributed by atoms with Gasteiger partial charge in [0.2, 0.25) is 0 Å². The molecule has 0 N–H and O–H groups in total. The summed E-state index contributed by atoms with van der Waals surface area (Å²) in [7, 11) is 0. The van der Waals surface area contributed by atoms with Crippen molar-refractivity contribution in [3.05, 3.63) is 32.9 Å². The molecular formula is C5H10N2O6. The molecule has 76 valence electrons. The molecule has 0 radical (unpaired) electrons. The average Bonchev–Trinajstić information content (AvgIpc) is 1.99. The van der Waals surface area contributed by atoms with Crippen molar-refractivity contribution in [1.29, 1.82) is 0 Å². The van der Waals surface area contributed by atoms with Crippen molar-refractivity contribution in [2.75, 3.05) is 13.2 Å². The largest absolute Gasteiger partial charge is 0.312 e. The van der Waals surface area contributed by atoms with Gasteiger partial charge in [-0.05, 0) is 6.92 Å². The fourth-order valence-electron chi connectivity index (χ4n) is 0.224. The van der Waals surface area contributed by atoms with Gasteiger partial charge in [0.25, 0.3) is 10.2 Å². The number of rotatable bonds is 5. The molecule has 0 saturated carbocycles. The Hall–Kier alpha value is -1.86. The standard InChI is InChI=1S/C3H6.C2H4N2O6/c1-3-2;5-3(6)9-1-2-10-4(7)8/h3H,1H2,2H3;1-2H2. The molecule has 0 atom stereocenters. The molecule has 0 aromatic carbocycles. The van der Waals surface area contributed by atoms with Gasteiger partial charge in [0.15, 0.2) is 0 Å². The van der Waals surface area contributed by atoms with Crippen LogP contribution < -0.4 is 0 Å². The molecule has 0 aliphatic heterocycles. The Bertz CT molecular complexity index is 154. The lowest BCUT2D eigenvalue weighted by Crippen LogP contribution is -2.11. The Balaban J connectivity index is 0. The lowest BCUT2D eigenvalue weighted by molar-refractivity contribution is -0.780. The van der Waals surface area contributed by atoms with Gasteiger partial charge in [-0.3, -0.25) is 0 Å². The summed E-state index contributed by atoms with van der Waals surface area (Å²) in [6, 6.07) is 0. The van der Waals surface area contributed by atoms with E-state index in [1.165, 1.54) is 0 Å². The first-order chi connectivity index (χ1) is 6.04. The maximum atomic E-state index is 9.40. The van der Waals surface area contributed by atoms with E-state index in [-0.39, 0.29) is 0 Å². The fourth-order valence-corrected chi connectivity index (χ4v) is 0.224. The van der Waals surface area contributed by atoms with E-state index in [0.717, 1.165) is 0 Å². The van der Waals surface area contributed by atoms with Crippen molar-refractivity contribution in [1.82, 2.24) is 0 Å². The van der Waals surface area contributed by atoms with E-state index < -0.39 is 23.4 Å². The van der Waals surface area contributed by atoms with E-state index in [1.54, 1.807) is 6.08 Å². The van der Waals surface area contributed by atoms with Crippen LogP contribution in [0, 0.1) is 20.2 Å². The van der Waals surface area contributed by atoms with Crippen LogP contribution in [0.4, 0.5) is 0 Å². The van der Waals surface area contributed by atoms with Gasteiger partial charge in [-0.1, -0.05) is 6.08 Å². The first-order valence-electron chi connectivity index (χ1n) is 3.16. The Labute approximate surface area is 74.0 Å². The summed E-state index contributed by atoms with van der Waals surface area (Å²) in [6.45, 7) is 4.38. The van der Waals surface area contributed by atoms with Gasteiger partial charge < -0.3 is 9.68 Å². The quantitative estimate of drug-likeness (QED) is 0.274. The third-order valence-electron chi connectivity index (χ3n) is 0.477. The van der Waals surface area contributed by atoms with E-state index in [9.17, 15) is 20.2 Å². The van der Waals surface area contributed by atoms with E-state index >= 15 is 0 Å². The Morgan fingerprint density at radius 3 is 1.62 bits per heavy atom. The van der Waals surface area contributed by atoms with Crippen molar-refractivity contribution < 1.29 is 19.8 Å². The predicted octanol–water partition coefficient (Wildman–Crippen LogP) is 0.595. The highest BCUT2D eigenvalue weighted by atomic mass is 17.0. The summed E-state index contributed by atoms with van der Waals surface area (Å²) in [5.41, 5.74) is 0. The van der Waals surface area contributed by atoms with Crippen molar-refractivity contribution in [2.24, 2.45) is 0 Å². The van der Waals surface area contributed by atoms with Crippen LogP contribution in [-0.2, 0) is 9.68 Å². The highest BCUT2D eigenvalue weighted by molar-refractivity contribution is 4.51. The summed E-state index contributed by atoms with van der Waals surface area (Å²) in [6.07, 6.45) is 1.75. The number of nitrogens with zero attached hydrogens (tertiary/aromatic N) is 2. The summed E-state index contributed by atoms with van der Waals surface area (Å²) >= 11 is 0. The molecule has 0 unspecified atom stereocenters. The molecule has 8 nitrogen and oxygen atoms in total. The second-order valence-electron chi connectivity index (χ2n) is 1.52. The van der Waals surface area contributed by atoms with Crippen molar-refractivity contribution >= 4 is 0 Å². The van der Waals surface area contributed by atoms with Crippen LogP contribution in [-0.4, -0.2) is 23.4 Å². The van der Waals surface area contributed by atoms with E-state index in [0.29, 0.717) is 0 Å². The van der Waals surface area contributed by atoms with Gasteiger partial charge in [-0.15, -0.1) is 26.8 Å². The zero-order chi connectivity index (χ0) is 10.7. The fraction of sp³-hybridized carbons (Fsp3) is 0.600. The molecular weight excluding hydrogens is 184 g/mol. The first kappa shape index (κ1) is 13.7. The molecule has 0 heterocycles. The van der Waals surface area contributed by atoms with Crippen LogP contribution in [0.15, 0.2) is 12.7 Å². The van der Waals surface area contributed by atoms with Crippen LogP contribution in [0.25, 0.3) is 0 Å². The Morgan fingerprint density at radius 2 is 1.46 bits per heavy atom. The minimum absolute atomic E-state index is 0.437. The Kier molecular flexibility index (Phi) is 10.7. The maximum absolute atomic E-state index is 9.40. The van der Waals surface area contributed by atoms with Crippen LogP contribution in [0.2, 0.25) is 0 Å². The topological polar surface area (TPSA) is 105 Å². The lowest BCUT2D eigenvalue weighted by atomic mass is 10.8. The molecule has 0 aromatic heterocycles. The molecule has 0 amide bonds. The lowest BCUT2D eigenvalue weighted by Gasteiger charge is -1.95. The molecule has 0 spiro atoms. The average molecular weight is 194 g/mol. The second-order valence-corrected chi connectivity index (χ2v) is 1.52. The Morgan fingerprint density at radius 1 is 1.23 bits per heavy atom. The summed E-state index contributed by atoms with van der Waals surface area (Å²) in [5.74, 6) is 0. The highest BCUT2D eigenvalue weighted by Gasteiger charge is 1.96. The zero-order valence-electron chi connectivity index (χ0n) is 7.04. The molecule has 8 heteroatoms. The van der Waals surface area contributed by atoms with Gasteiger partial charge in [0.1, 0.15) is 13.2 Å². The van der Waals surface area contributed by atoms with E-state index in [2.05, 4.69) is 16.3 Å². The number of allylic oxidation sites excluding steroid dienone is 1. The monoisotopic (exact) mass is 194 g/mol. The minimum atomic E-state index is -1.05. The SMILES string of the molecule is C=CC.O=[N+]([O-])OCCO[N+](=O)[O-]. The van der Waals surface area contributed by atoms with Gasteiger partial charge in [0.05, 0.1) is 0 Å². The molecule has 0 aromatic rings. The van der Waals surface area contributed by atoms with E-state index in [4.69, 9.17) is 0 Å². The van der Waals surface area contributed by atoms with Gasteiger partial charge in [-0.25, -0.2) is 0 Å². The molecule has 13 heavy (non-hydrogen) atoms. The van der Waals surface area contributed by atoms with Gasteiger partial charge in [-0.2, -0.15) is 0 Å². The number of hydrogen-bond acceptors (Lipinski definition) is 6. The third-order valence-corrected chi connectivity index (χ3v) is 0.477. The summed E-state index contributed by atoms with van der Waals surface area (Å²) in [5, 5.41) is 16.7. The minimum Gasteiger partial charge on any atom is -0.312 e. The smallest absolute Gasteiger partial charge is 0.294 e. The van der Waals surface area contributed by atoms with Gasteiger partial charge >= 0.3 is 0 Å². The molecule has 0 fully saturated rings. The molecule has 0 saturated heterocycles. The van der Waals surface area contributed by atoms with Crippen LogP contribution >= 0.6 is 0 Å². The summed E-state index contributed by atoms with van der Waals surface area (Å²) < 4.78 is 0. The molecule has 0 rings (SSSR count). The van der Waals surface area contributed by atoms with Crippen LogP contribution in [0.5, 0.6) is 0 Å². The van der Waals surface area contributed by atoms with E-state index in [1.807, 2.05) is 6.92 Å². The highest BCUT2D eigenvalue weighted by Crippen LogP contribution is 1.77. The van der Waals surface area contributed by atoms with Crippen molar-refractivity contribution in [3.8, 4) is 0 Å². The third kappa shape index (κ3) is 25.4. The molecule has 0 aliphatic rings. The zero-order valence-corrected chi connectivity index (χ0v) is 7.04. The molecule has 0 aliphatic carbocycles. The van der Waals surface area contributed by atoms with Crippen LogP contribution in [0.1, 0.15) is 6.92 Å². The maximum Gasteiger partial charge on any atom is 0.294 e. The number of hydrogen-bond donors (Lipinski definition) is 0. The molecule has 0 bridgehead atoms. The van der Waals surface area contributed by atoms with Crippen molar-refractivity contribution in [3.63, 3.8) is 0 Å². The second kappa shape index (κ2) is 10.1. The van der Waals surface area contributed by atoms with Crippen LogP contribution in [0.3, 0.4) is 0 Å².